The first-order chi connectivity index (χ1) is 9.88. The van der Waals surface area contributed by atoms with Crippen LogP contribution in [0.25, 0.3) is 0 Å². The molecule has 0 amide bonds. The summed E-state index contributed by atoms with van der Waals surface area (Å²) in [6.07, 6.45) is 3.28. The van der Waals surface area contributed by atoms with E-state index in [-0.39, 0.29) is 17.8 Å². The first-order valence-corrected chi connectivity index (χ1v) is 8.61. The van der Waals surface area contributed by atoms with Crippen LogP contribution in [-0.2, 0) is 9.84 Å². The second-order valence-corrected chi connectivity index (χ2v) is 7.47. The molecule has 0 saturated carbocycles. The summed E-state index contributed by atoms with van der Waals surface area (Å²) in [5, 5.41) is 3.28. The van der Waals surface area contributed by atoms with E-state index in [0.717, 1.165) is 11.1 Å². The molecule has 0 unspecified atom stereocenters. The highest BCUT2D eigenvalue weighted by atomic mass is 32.2. The largest absolute Gasteiger partial charge is 0.472 e. The Labute approximate surface area is 126 Å². The van der Waals surface area contributed by atoms with Gasteiger partial charge >= 0.3 is 0 Å². The minimum Gasteiger partial charge on any atom is -0.472 e. The van der Waals surface area contributed by atoms with Crippen molar-refractivity contribution >= 4 is 9.84 Å². The maximum absolute atomic E-state index is 12.4. The molecule has 2 aromatic rings. The van der Waals surface area contributed by atoms with Gasteiger partial charge in [0.2, 0.25) is 0 Å². The Kier molecular flexibility index (Phi) is 4.85. The van der Waals surface area contributed by atoms with Crippen molar-refractivity contribution in [2.45, 2.75) is 37.8 Å². The minimum absolute atomic E-state index is 0.0481. The Balaban J connectivity index is 2.01. The summed E-state index contributed by atoms with van der Waals surface area (Å²) in [4.78, 5) is 0.373. The molecule has 0 aliphatic carbocycles. The van der Waals surface area contributed by atoms with E-state index >= 15 is 0 Å². The molecule has 1 aromatic heterocycles. The molecule has 1 heterocycles. The molecule has 1 aromatic carbocycles. The Morgan fingerprint density at radius 1 is 1.14 bits per heavy atom. The molecule has 2 rings (SSSR count). The van der Waals surface area contributed by atoms with Crippen LogP contribution in [0.1, 0.15) is 31.0 Å². The van der Waals surface area contributed by atoms with Crippen LogP contribution in [0.3, 0.4) is 0 Å². The second-order valence-electron chi connectivity index (χ2n) is 5.44. The van der Waals surface area contributed by atoms with Crippen LogP contribution < -0.4 is 5.32 Å². The predicted octanol–water partition coefficient (Wildman–Crippen LogP) is 3.10. The third-order valence-corrected chi connectivity index (χ3v) is 5.36. The van der Waals surface area contributed by atoms with Crippen molar-refractivity contribution in [2.24, 2.45) is 0 Å². The maximum atomic E-state index is 12.4. The lowest BCUT2D eigenvalue weighted by Crippen LogP contribution is -2.34. The number of hydrogen-bond acceptors (Lipinski definition) is 4. The zero-order valence-corrected chi connectivity index (χ0v) is 13.4. The Morgan fingerprint density at radius 2 is 1.81 bits per heavy atom. The lowest BCUT2D eigenvalue weighted by molar-refractivity contribution is 0.491. The van der Waals surface area contributed by atoms with Crippen LogP contribution in [0.5, 0.6) is 0 Å². The highest BCUT2D eigenvalue weighted by Gasteiger charge is 2.20. The smallest absolute Gasteiger partial charge is 0.179 e. The average Bonchev–Trinajstić information content (AvgIpc) is 2.92. The van der Waals surface area contributed by atoms with Crippen LogP contribution in [0.2, 0.25) is 0 Å². The molecular weight excluding hydrogens is 286 g/mol. The summed E-state index contributed by atoms with van der Waals surface area (Å²) in [6, 6.07) is 8.73. The van der Waals surface area contributed by atoms with Gasteiger partial charge in [0.25, 0.3) is 0 Å². The highest BCUT2D eigenvalue weighted by Crippen LogP contribution is 2.16. The predicted molar refractivity (Wildman–Crippen MR) is 83.0 cm³/mol. The monoisotopic (exact) mass is 307 g/mol. The minimum atomic E-state index is -3.28. The third kappa shape index (κ3) is 4.19. The lowest BCUT2D eigenvalue weighted by atomic mass is 10.1. The van der Waals surface area contributed by atoms with E-state index in [9.17, 15) is 8.42 Å². The molecule has 0 saturated heterocycles. The summed E-state index contributed by atoms with van der Waals surface area (Å²) in [6.45, 7) is 5.80. The van der Waals surface area contributed by atoms with Crippen molar-refractivity contribution in [3.63, 3.8) is 0 Å². The highest BCUT2D eigenvalue weighted by molar-refractivity contribution is 7.91. The van der Waals surface area contributed by atoms with Gasteiger partial charge in [0.15, 0.2) is 9.84 Å². The van der Waals surface area contributed by atoms with Crippen molar-refractivity contribution < 1.29 is 12.8 Å². The van der Waals surface area contributed by atoms with Gasteiger partial charge in [-0.25, -0.2) is 8.42 Å². The lowest BCUT2D eigenvalue weighted by Gasteiger charge is -2.19. The summed E-state index contributed by atoms with van der Waals surface area (Å²) in [7, 11) is -3.28. The van der Waals surface area contributed by atoms with Crippen molar-refractivity contribution in [1.29, 1.82) is 0 Å². The van der Waals surface area contributed by atoms with Crippen LogP contribution in [-0.4, -0.2) is 20.2 Å². The summed E-state index contributed by atoms with van der Waals surface area (Å²) >= 11 is 0. The average molecular weight is 307 g/mol. The van der Waals surface area contributed by atoms with Crippen LogP contribution in [0.15, 0.2) is 52.2 Å². The fraction of sp³-hybridized carbons (Fsp3) is 0.375. The topological polar surface area (TPSA) is 59.3 Å². The summed E-state index contributed by atoms with van der Waals surface area (Å²) < 4.78 is 29.8. The zero-order valence-electron chi connectivity index (χ0n) is 12.5. The van der Waals surface area contributed by atoms with E-state index in [1.54, 1.807) is 24.7 Å². The molecule has 21 heavy (non-hydrogen) atoms. The molecular formula is C16H21NO3S. The van der Waals surface area contributed by atoms with Gasteiger partial charge in [-0.1, -0.05) is 17.7 Å². The molecule has 2 atom stereocenters. The third-order valence-electron chi connectivity index (χ3n) is 3.43. The van der Waals surface area contributed by atoms with E-state index in [4.69, 9.17) is 4.42 Å². The van der Waals surface area contributed by atoms with Gasteiger partial charge < -0.3 is 9.73 Å². The van der Waals surface area contributed by atoms with E-state index < -0.39 is 9.84 Å². The molecule has 1 N–H and O–H groups in total. The number of furan rings is 1. The quantitative estimate of drug-likeness (QED) is 0.891. The normalized spacial score (nSPS) is 14.8. The van der Waals surface area contributed by atoms with Crippen molar-refractivity contribution in [1.82, 2.24) is 5.32 Å². The number of hydrogen-bond donors (Lipinski definition) is 1. The van der Waals surface area contributed by atoms with E-state index in [0.29, 0.717) is 4.90 Å². The van der Waals surface area contributed by atoms with Crippen LogP contribution >= 0.6 is 0 Å². The summed E-state index contributed by atoms with van der Waals surface area (Å²) in [5.74, 6) is 0.0677. The van der Waals surface area contributed by atoms with Crippen molar-refractivity contribution in [3.05, 3.63) is 54.0 Å². The Hall–Kier alpha value is -1.59. The first-order valence-electron chi connectivity index (χ1n) is 6.96. The molecule has 4 nitrogen and oxygen atoms in total. The van der Waals surface area contributed by atoms with E-state index in [2.05, 4.69) is 5.32 Å². The maximum Gasteiger partial charge on any atom is 0.179 e. The summed E-state index contributed by atoms with van der Waals surface area (Å²) in [5.41, 5.74) is 2.06. The zero-order chi connectivity index (χ0) is 15.5. The van der Waals surface area contributed by atoms with Crippen LogP contribution in [0.4, 0.5) is 0 Å². The second kappa shape index (κ2) is 6.45. The SMILES string of the molecule is Cc1ccc(S(=O)(=O)C[C@H](C)N[C@H](C)c2ccoc2)cc1. The van der Waals surface area contributed by atoms with Gasteiger partial charge in [0, 0.05) is 17.6 Å². The first kappa shape index (κ1) is 15.8. The van der Waals surface area contributed by atoms with Gasteiger partial charge in [-0.3, -0.25) is 0 Å². The van der Waals surface area contributed by atoms with Gasteiger partial charge in [0.1, 0.15) is 0 Å². The van der Waals surface area contributed by atoms with E-state index in [1.165, 1.54) is 0 Å². The molecule has 0 bridgehead atoms. The van der Waals surface area contributed by atoms with Gasteiger partial charge in [0.05, 0.1) is 23.2 Å². The standard InChI is InChI=1S/C16H21NO3S/c1-12-4-6-16(7-5-12)21(18,19)11-13(2)17-14(3)15-8-9-20-10-15/h4-10,13-14,17H,11H2,1-3H3/t13-,14+/m0/s1. The molecule has 5 heteroatoms. The fourth-order valence-electron chi connectivity index (χ4n) is 2.26. The van der Waals surface area contributed by atoms with E-state index in [1.807, 2.05) is 39.0 Å². The number of aryl methyl sites for hydroxylation is 1. The van der Waals surface area contributed by atoms with Gasteiger partial charge in [-0.2, -0.15) is 0 Å². The Bertz CT molecular complexity index is 660. The van der Waals surface area contributed by atoms with Gasteiger partial charge in [-0.15, -0.1) is 0 Å². The molecule has 0 aliphatic rings. The number of benzene rings is 1. The van der Waals surface area contributed by atoms with Crippen molar-refractivity contribution in [3.8, 4) is 0 Å². The molecule has 0 aliphatic heterocycles. The van der Waals surface area contributed by atoms with Gasteiger partial charge in [-0.05, 0) is 39.0 Å². The molecule has 0 spiro atoms. The molecule has 114 valence electrons. The van der Waals surface area contributed by atoms with Crippen molar-refractivity contribution in [2.75, 3.05) is 5.75 Å². The van der Waals surface area contributed by atoms with Crippen LogP contribution in [0, 0.1) is 6.92 Å². The molecule has 0 radical (unpaired) electrons. The fourth-order valence-corrected chi connectivity index (χ4v) is 3.76. The number of rotatable bonds is 6. The number of sulfone groups is 1. The molecule has 0 fully saturated rings. The number of nitrogens with one attached hydrogen (secondary N) is 1. The Morgan fingerprint density at radius 3 is 2.38 bits per heavy atom.